The number of rotatable bonds is 4. The summed E-state index contributed by atoms with van der Waals surface area (Å²) in [6.07, 6.45) is 1.62. The average molecular weight is 220 g/mol. The number of benzene rings is 1. The second kappa shape index (κ2) is 5.80. The molecule has 0 spiro atoms. The van der Waals surface area contributed by atoms with Crippen LogP contribution in [0, 0.1) is 6.92 Å². The lowest BCUT2D eigenvalue weighted by Crippen LogP contribution is -2.28. The molecular weight excluding hydrogens is 204 g/mol. The second-order valence-electron chi connectivity index (χ2n) is 3.33. The molecule has 1 rings (SSSR count). The number of methoxy groups -OCH3 is 1. The fourth-order valence-corrected chi connectivity index (χ4v) is 1.25. The number of amides is 2. The van der Waals surface area contributed by atoms with E-state index in [4.69, 9.17) is 4.74 Å². The fourth-order valence-electron chi connectivity index (χ4n) is 1.25. The summed E-state index contributed by atoms with van der Waals surface area (Å²) in [7, 11) is 1.57. The number of nitrogens with one attached hydrogen (secondary N) is 2. The number of carbonyl (C=O) groups excluding carboxylic acids is 1. The Kier molecular flexibility index (Phi) is 4.39. The van der Waals surface area contributed by atoms with Crippen molar-refractivity contribution < 1.29 is 9.53 Å². The Bertz CT molecular complexity index is 389. The van der Waals surface area contributed by atoms with Crippen LogP contribution in [0.3, 0.4) is 0 Å². The summed E-state index contributed by atoms with van der Waals surface area (Å²) in [4.78, 5) is 11.4. The van der Waals surface area contributed by atoms with Gasteiger partial charge in [-0.15, -0.1) is 6.58 Å². The van der Waals surface area contributed by atoms with E-state index in [-0.39, 0.29) is 6.03 Å². The Morgan fingerprint density at radius 1 is 1.56 bits per heavy atom. The number of hydrogen-bond acceptors (Lipinski definition) is 2. The number of anilines is 1. The van der Waals surface area contributed by atoms with E-state index in [1.807, 2.05) is 25.1 Å². The van der Waals surface area contributed by atoms with Gasteiger partial charge in [0, 0.05) is 6.54 Å². The van der Waals surface area contributed by atoms with Crippen molar-refractivity contribution in [3.63, 3.8) is 0 Å². The molecule has 4 nitrogen and oxygen atoms in total. The lowest BCUT2D eigenvalue weighted by atomic mass is 10.2. The molecule has 0 aliphatic carbocycles. The van der Waals surface area contributed by atoms with Crippen molar-refractivity contribution in [1.82, 2.24) is 5.32 Å². The van der Waals surface area contributed by atoms with Gasteiger partial charge in [0.15, 0.2) is 0 Å². The highest BCUT2D eigenvalue weighted by Crippen LogP contribution is 2.24. The molecule has 0 aliphatic heterocycles. The van der Waals surface area contributed by atoms with Crippen LogP contribution in [0.2, 0.25) is 0 Å². The molecule has 2 N–H and O–H groups in total. The van der Waals surface area contributed by atoms with E-state index in [2.05, 4.69) is 17.2 Å². The Hall–Kier alpha value is -1.97. The average Bonchev–Trinajstić information content (AvgIpc) is 2.27. The normalized spacial score (nSPS) is 9.38. The third-order valence-electron chi connectivity index (χ3n) is 2.01. The summed E-state index contributed by atoms with van der Waals surface area (Å²) in [5.41, 5.74) is 1.71. The molecule has 0 atom stereocenters. The molecule has 0 aromatic heterocycles. The molecule has 0 fully saturated rings. The maximum atomic E-state index is 11.4. The van der Waals surface area contributed by atoms with Crippen LogP contribution in [-0.4, -0.2) is 19.7 Å². The molecule has 0 radical (unpaired) electrons. The van der Waals surface area contributed by atoms with Crippen molar-refractivity contribution in [3.05, 3.63) is 36.4 Å². The number of carbonyl (C=O) groups is 1. The van der Waals surface area contributed by atoms with Crippen molar-refractivity contribution in [1.29, 1.82) is 0 Å². The van der Waals surface area contributed by atoms with E-state index >= 15 is 0 Å². The SMILES string of the molecule is C=CCNC(=O)Nc1cc(C)ccc1OC. The Morgan fingerprint density at radius 2 is 2.31 bits per heavy atom. The zero-order valence-electron chi connectivity index (χ0n) is 9.54. The lowest BCUT2D eigenvalue weighted by molar-refractivity contribution is 0.253. The largest absolute Gasteiger partial charge is 0.495 e. The van der Waals surface area contributed by atoms with Crippen molar-refractivity contribution in [2.45, 2.75) is 6.92 Å². The third-order valence-corrected chi connectivity index (χ3v) is 2.01. The topological polar surface area (TPSA) is 50.4 Å². The summed E-state index contributed by atoms with van der Waals surface area (Å²) < 4.78 is 5.14. The Balaban J connectivity index is 2.74. The van der Waals surface area contributed by atoms with Gasteiger partial charge in [0.1, 0.15) is 5.75 Å². The van der Waals surface area contributed by atoms with Crippen molar-refractivity contribution in [2.75, 3.05) is 19.0 Å². The van der Waals surface area contributed by atoms with E-state index in [1.54, 1.807) is 13.2 Å². The van der Waals surface area contributed by atoms with E-state index in [0.29, 0.717) is 18.0 Å². The maximum Gasteiger partial charge on any atom is 0.319 e. The molecule has 16 heavy (non-hydrogen) atoms. The van der Waals surface area contributed by atoms with Gasteiger partial charge in [0.25, 0.3) is 0 Å². The van der Waals surface area contributed by atoms with E-state index in [0.717, 1.165) is 5.56 Å². The van der Waals surface area contributed by atoms with Crippen LogP contribution in [0.4, 0.5) is 10.5 Å². The van der Waals surface area contributed by atoms with Crippen LogP contribution in [0.15, 0.2) is 30.9 Å². The van der Waals surface area contributed by atoms with Crippen molar-refractivity contribution >= 4 is 11.7 Å². The monoisotopic (exact) mass is 220 g/mol. The molecule has 0 unspecified atom stereocenters. The van der Waals surface area contributed by atoms with Crippen molar-refractivity contribution in [3.8, 4) is 5.75 Å². The van der Waals surface area contributed by atoms with Crippen LogP contribution in [0.1, 0.15) is 5.56 Å². The molecule has 0 saturated carbocycles. The zero-order valence-corrected chi connectivity index (χ0v) is 9.54. The zero-order chi connectivity index (χ0) is 12.0. The van der Waals surface area contributed by atoms with Gasteiger partial charge < -0.3 is 15.4 Å². The Labute approximate surface area is 95.3 Å². The number of hydrogen-bond donors (Lipinski definition) is 2. The maximum absolute atomic E-state index is 11.4. The first kappa shape index (κ1) is 12.1. The van der Waals surface area contributed by atoms with Gasteiger partial charge in [-0.05, 0) is 24.6 Å². The van der Waals surface area contributed by atoms with E-state index in [1.165, 1.54) is 0 Å². The van der Waals surface area contributed by atoms with Gasteiger partial charge >= 0.3 is 6.03 Å². The minimum absolute atomic E-state index is 0.274. The predicted octanol–water partition coefficient (Wildman–Crippen LogP) is 2.31. The van der Waals surface area contributed by atoms with Gasteiger partial charge in [-0.1, -0.05) is 12.1 Å². The van der Waals surface area contributed by atoms with Gasteiger partial charge in [-0.2, -0.15) is 0 Å². The predicted molar refractivity (Wildman–Crippen MR) is 64.9 cm³/mol. The van der Waals surface area contributed by atoms with Crippen LogP contribution in [-0.2, 0) is 0 Å². The third kappa shape index (κ3) is 3.31. The minimum atomic E-state index is -0.274. The molecule has 86 valence electrons. The molecule has 0 bridgehead atoms. The first-order valence-corrected chi connectivity index (χ1v) is 4.97. The van der Waals surface area contributed by atoms with Crippen LogP contribution < -0.4 is 15.4 Å². The molecule has 2 amide bonds. The smallest absolute Gasteiger partial charge is 0.319 e. The van der Waals surface area contributed by atoms with Gasteiger partial charge in [-0.3, -0.25) is 0 Å². The van der Waals surface area contributed by atoms with Crippen LogP contribution in [0.5, 0.6) is 5.75 Å². The summed E-state index contributed by atoms with van der Waals surface area (Å²) in [5, 5.41) is 5.34. The lowest BCUT2D eigenvalue weighted by Gasteiger charge is -2.11. The van der Waals surface area contributed by atoms with E-state index < -0.39 is 0 Å². The number of ether oxygens (including phenoxy) is 1. The molecule has 0 heterocycles. The van der Waals surface area contributed by atoms with Gasteiger partial charge in [0.2, 0.25) is 0 Å². The molecule has 0 saturated heterocycles. The van der Waals surface area contributed by atoms with Gasteiger partial charge in [0.05, 0.1) is 12.8 Å². The van der Waals surface area contributed by atoms with E-state index in [9.17, 15) is 4.79 Å². The summed E-state index contributed by atoms with van der Waals surface area (Å²) in [6, 6.07) is 5.32. The van der Waals surface area contributed by atoms with Crippen molar-refractivity contribution in [2.24, 2.45) is 0 Å². The molecule has 0 aliphatic rings. The first-order chi connectivity index (χ1) is 7.67. The standard InChI is InChI=1S/C12H16N2O2/c1-4-7-13-12(15)14-10-8-9(2)5-6-11(10)16-3/h4-6,8H,1,7H2,2-3H3,(H2,13,14,15). The molecule has 4 heteroatoms. The van der Waals surface area contributed by atoms with Gasteiger partial charge in [-0.25, -0.2) is 4.79 Å². The quantitative estimate of drug-likeness (QED) is 0.765. The molecule has 1 aromatic carbocycles. The molecular formula is C12H16N2O2. The summed E-state index contributed by atoms with van der Waals surface area (Å²) >= 11 is 0. The van der Waals surface area contributed by atoms with Crippen LogP contribution in [0.25, 0.3) is 0 Å². The summed E-state index contributed by atoms with van der Waals surface area (Å²) in [5.74, 6) is 0.638. The highest BCUT2D eigenvalue weighted by molar-refractivity contribution is 5.91. The fraction of sp³-hybridized carbons (Fsp3) is 0.250. The number of urea groups is 1. The minimum Gasteiger partial charge on any atom is -0.495 e. The van der Waals surface area contributed by atoms with Crippen LogP contribution >= 0.6 is 0 Å². The summed E-state index contributed by atoms with van der Waals surface area (Å²) in [6.45, 7) is 5.90. The molecule has 1 aromatic rings. The highest BCUT2D eigenvalue weighted by atomic mass is 16.5. The highest BCUT2D eigenvalue weighted by Gasteiger charge is 2.06. The second-order valence-corrected chi connectivity index (χ2v) is 3.33. The first-order valence-electron chi connectivity index (χ1n) is 4.97. The number of aryl methyl sites for hydroxylation is 1. The Morgan fingerprint density at radius 3 is 2.94 bits per heavy atom.